The molecule has 122 valence electrons. The molecule has 1 aromatic carbocycles. The van der Waals surface area contributed by atoms with E-state index in [0.717, 1.165) is 0 Å². The van der Waals surface area contributed by atoms with E-state index in [4.69, 9.17) is 16.7 Å². The van der Waals surface area contributed by atoms with Crippen LogP contribution >= 0.6 is 11.6 Å². The highest BCUT2D eigenvalue weighted by Gasteiger charge is 2.55. The monoisotopic (exact) mass is 344 g/mol. The van der Waals surface area contributed by atoms with Crippen molar-refractivity contribution in [1.29, 1.82) is 0 Å². The second-order valence-corrected chi connectivity index (χ2v) is 5.98. The van der Waals surface area contributed by atoms with E-state index >= 15 is 0 Å². The average Bonchev–Trinajstić information content (AvgIpc) is 2.83. The molecule has 0 amide bonds. The van der Waals surface area contributed by atoms with E-state index in [-0.39, 0.29) is 10.7 Å². The summed E-state index contributed by atoms with van der Waals surface area (Å²) in [5.41, 5.74) is 0.167. The van der Waals surface area contributed by atoms with Crippen LogP contribution in [0.2, 0.25) is 5.02 Å². The molecule has 0 saturated heterocycles. The van der Waals surface area contributed by atoms with Gasteiger partial charge < -0.3 is 5.11 Å². The fourth-order valence-corrected chi connectivity index (χ4v) is 3.11. The van der Waals surface area contributed by atoms with E-state index in [1.165, 1.54) is 35.9 Å². The van der Waals surface area contributed by atoms with Gasteiger partial charge in [-0.2, -0.15) is 5.10 Å². The van der Waals surface area contributed by atoms with E-state index < -0.39 is 41.7 Å². The van der Waals surface area contributed by atoms with Crippen molar-refractivity contribution in [2.45, 2.75) is 25.2 Å². The van der Waals surface area contributed by atoms with Gasteiger partial charge in [0.1, 0.15) is 5.82 Å². The van der Waals surface area contributed by atoms with Crippen LogP contribution in [0.3, 0.4) is 0 Å². The van der Waals surface area contributed by atoms with Gasteiger partial charge in [-0.15, -0.1) is 0 Å². The number of nitrogens with zero attached hydrogens (tertiary/aromatic N) is 2. The molecule has 0 aliphatic heterocycles. The molecule has 1 aliphatic rings. The molecular weight excluding hydrogens is 333 g/mol. The molecule has 8 heteroatoms. The Labute approximate surface area is 134 Å². The number of carboxylic acid groups (broad SMARTS) is 1. The maximum Gasteiger partial charge on any atom is 0.358 e. The Morgan fingerprint density at radius 2 is 2.00 bits per heavy atom. The molecule has 1 aromatic heterocycles. The third kappa shape index (κ3) is 2.49. The number of alkyl halides is 2. The Kier molecular flexibility index (Phi) is 3.63. The summed E-state index contributed by atoms with van der Waals surface area (Å²) >= 11 is 6.09. The van der Waals surface area contributed by atoms with Crippen molar-refractivity contribution in [2.24, 2.45) is 5.92 Å². The summed E-state index contributed by atoms with van der Waals surface area (Å²) in [5.74, 6) is -6.26. The van der Waals surface area contributed by atoms with Crippen LogP contribution in [0.1, 0.15) is 35.4 Å². The van der Waals surface area contributed by atoms with Gasteiger partial charge in [-0.05, 0) is 24.3 Å². The predicted octanol–water partition coefficient (Wildman–Crippen LogP) is 4.12. The lowest BCUT2D eigenvalue weighted by molar-refractivity contribution is -0.141. The molecule has 1 saturated carbocycles. The average molecular weight is 345 g/mol. The lowest BCUT2D eigenvalue weighted by Gasteiger charge is -2.42. The molecular formula is C15H12ClF3N2O2. The Morgan fingerprint density at radius 1 is 1.39 bits per heavy atom. The lowest BCUT2D eigenvalue weighted by Crippen LogP contribution is -2.44. The van der Waals surface area contributed by atoms with Crippen LogP contribution in [-0.2, 0) is 0 Å². The highest BCUT2D eigenvalue weighted by Crippen LogP contribution is 2.55. The first kappa shape index (κ1) is 15.9. The maximum absolute atomic E-state index is 13.5. The third-order valence-corrected chi connectivity index (χ3v) is 4.62. The molecule has 0 bridgehead atoms. The minimum Gasteiger partial charge on any atom is -0.476 e. The van der Waals surface area contributed by atoms with Crippen molar-refractivity contribution in [3.8, 4) is 5.69 Å². The second-order valence-electron chi connectivity index (χ2n) is 5.60. The topological polar surface area (TPSA) is 55.1 Å². The van der Waals surface area contributed by atoms with Gasteiger partial charge in [-0.3, -0.25) is 0 Å². The molecule has 4 nitrogen and oxygen atoms in total. The van der Waals surface area contributed by atoms with Crippen LogP contribution in [0.4, 0.5) is 13.2 Å². The molecule has 0 radical (unpaired) electrons. The standard InChI is InChI=1S/C15H12ClF3N2O2/c1-7-10(6-15(7,18)19)13-11(16)12(14(22)23)20-21(13)9-4-2-8(17)3-5-9/h2-5,7,10H,6H2,1H3,(H,22,23)/t7-,10+/m0/s1. The van der Waals surface area contributed by atoms with Crippen molar-refractivity contribution in [3.63, 3.8) is 0 Å². The smallest absolute Gasteiger partial charge is 0.358 e. The fourth-order valence-electron chi connectivity index (χ4n) is 2.77. The molecule has 1 aliphatic carbocycles. The van der Waals surface area contributed by atoms with Crippen molar-refractivity contribution < 1.29 is 23.1 Å². The molecule has 2 atom stereocenters. The van der Waals surface area contributed by atoms with E-state index in [2.05, 4.69) is 5.10 Å². The highest BCUT2D eigenvalue weighted by atomic mass is 35.5. The van der Waals surface area contributed by atoms with Crippen LogP contribution in [0.5, 0.6) is 0 Å². The Hall–Kier alpha value is -2.02. The van der Waals surface area contributed by atoms with Crippen LogP contribution in [0.25, 0.3) is 5.69 Å². The SMILES string of the molecule is C[C@H]1[C@H](c2c(Cl)c(C(=O)O)nn2-c2ccc(F)cc2)CC1(F)F. The van der Waals surface area contributed by atoms with Gasteiger partial charge in [-0.1, -0.05) is 18.5 Å². The number of hydrogen-bond acceptors (Lipinski definition) is 2. The van der Waals surface area contributed by atoms with Gasteiger partial charge >= 0.3 is 5.97 Å². The minimum atomic E-state index is -2.82. The molecule has 2 aromatic rings. The largest absolute Gasteiger partial charge is 0.476 e. The van der Waals surface area contributed by atoms with Crippen molar-refractivity contribution in [3.05, 3.63) is 46.5 Å². The molecule has 3 rings (SSSR count). The summed E-state index contributed by atoms with van der Waals surface area (Å²) in [4.78, 5) is 11.2. The number of carbonyl (C=O) groups is 1. The van der Waals surface area contributed by atoms with Gasteiger partial charge in [0.15, 0.2) is 5.69 Å². The van der Waals surface area contributed by atoms with Gasteiger partial charge in [0.25, 0.3) is 5.92 Å². The van der Waals surface area contributed by atoms with Crippen LogP contribution < -0.4 is 0 Å². The third-order valence-electron chi connectivity index (χ3n) is 4.25. The number of halogens is 4. The molecule has 23 heavy (non-hydrogen) atoms. The summed E-state index contributed by atoms with van der Waals surface area (Å²) < 4.78 is 41.3. The lowest BCUT2D eigenvalue weighted by atomic mass is 9.69. The van der Waals surface area contributed by atoms with E-state index in [1.807, 2.05) is 0 Å². The summed E-state index contributed by atoms with van der Waals surface area (Å²) in [5, 5.41) is 12.9. The van der Waals surface area contributed by atoms with Gasteiger partial charge in [0.2, 0.25) is 0 Å². The zero-order valence-electron chi connectivity index (χ0n) is 11.9. The number of hydrogen-bond donors (Lipinski definition) is 1. The van der Waals surface area contributed by atoms with Gasteiger partial charge in [0.05, 0.1) is 16.4 Å². The number of rotatable bonds is 3. The van der Waals surface area contributed by atoms with Gasteiger partial charge in [-0.25, -0.2) is 22.6 Å². The Morgan fingerprint density at radius 3 is 2.48 bits per heavy atom. The van der Waals surface area contributed by atoms with Crippen molar-refractivity contribution in [1.82, 2.24) is 9.78 Å². The number of carboxylic acids is 1. The van der Waals surface area contributed by atoms with Crippen molar-refractivity contribution >= 4 is 17.6 Å². The Bertz CT molecular complexity index is 774. The van der Waals surface area contributed by atoms with Crippen LogP contribution in [0.15, 0.2) is 24.3 Å². The van der Waals surface area contributed by atoms with E-state index in [1.54, 1.807) is 0 Å². The highest BCUT2D eigenvalue weighted by molar-refractivity contribution is 6.34. The molecule has 0 unspecified atom stereocenters. The summed E-state index contributed by atoms with van der Waals surface area (Å²) in [7, 11) is 0. The molecule has 0 spiro atoms. The molecule has 1 fully saturated rings. The van der Waals surface area contributed by atoms with Crippen molar-refractivity contribution in [2.75, 3.05) is 0 Å². The first-order valence-electron chi connectivity index (χ1n) is 6.88. The first-order valence-corrected chi connectivity index (χ1v) is 7.25. The maximum atomic E-state index is 13.5. The van der Waals surface area contributed by atoms with Gasteiger partial charge in [0, 0.05) is 18.3 Å². The quantitative estimate of drug-likeness (QED) is 0.911. The second kappa shape index (κ2) is 5.26. The Balaban J connectivity index is 2.13. The van der Waals surface area contributed by atoms with E-state index in [9.17, 15) is 18.0 Å². The zero-order chi connectivity index (χ0) is 16.9. The summed E-state index contributed by atoms with van der Waals surface area (Å²) in [6, 6.07) is 5.12. The predicted molar refractivity (Wildman–Crippen MR) is 77.0 cm³/mol. The number of benzene rings is 1. The first-order chi connectivity index (χ1) is 10.7. The normalized spacial score (nSPS) is 22.7. The minimum absolute atomic E-state index is 0.158. The summed E-state index contributed by atoms with van der Waals surface area (Å²) in [6.07, 6.45) is -0.431. The number of aromatic nitrogens is 2. The molecule has 1 heterocycles. The van der Waals surface area contributed by atoms with Crippen LogP contribution in [0, 0.1) is 11.7 Å². The zero-order valence-corrected chi connectivity index (χ0v) is 12.7. The summed E-state index contributed by atoms with van der Waals surface area (Å²) in [6.45, 7) is 1.38. The fraction of sp³-hybridized carbons (Fsp3) is 0.333. The van der Waals surface area contributed by atoms with E-state index in [0.29, 0.717) is 5.69 Å². The number of aromatic carboxylic acids is 1. The van der Waals surface area contributed by atoms with Crippen LogP contribution in [-0.4, -0.2) is 26.8 Å². The molecule has 1 N–H and O–H groups in total.